The lowest BCUT2D eigenvalue weighted by Gasteiger charge is -2.11. The molecule has 1 N–H and O–H groups in total. The first-order valence-electron chi connectivity index (χ1n) is 10.2. The van der Waals surface area contributed by atoms with E-state index in [-0.39, 0.29) is 11.7 Å². The number of benzene rings is 2. The highest BCUT2D eigenvalue weighted by atomic mass is 19.1. The Hall–Kier alpha value is -3.80. The van der Waals surface area contributed by atoms with Crippen molar-refractivity contribution < 1.29 is 9.18 Å². The van der Waals surface area contributed by atoms with Crippen molar-refractivity contribution in [1.82, 2.24) is 20.1 Å². The van der Waals surface area contributed by atoms with Gasteiger partial charge >= 0.3 is 0 Å². The molecule has 2 aromatic heterocycles. The summed E-state index contributed by atoms with van der Waals surface area (Å²) in [5.74, 6) is -0.543. The molecule has 0 saturated heterocycles. The van der Waals surface area contributed by atoms with Gasteiger partial charge in [0.1, 0.15) is 17.2 Å². The normalized spacial score (nSPS) is 10.8. The van der Waals surface area contributed by atoms with Crippen LogP contribution in [0, 0.1) is 5.82 Å². The fourth-order valence-corrected chi connectivity index (χ4v) is 3.72. The van der Waals surface area contributed by atoms with Crippen molar-refractivity contribution in [2.45, 2.75) is 19.9 Å². The van der Waals surface area contributed by atoms with Crippen molar-refractivity contribution >= 4 is 5.91 Å². The molecule has 0 fully saturated rings. The number of halogens is 1. The maximum absolute atomic E-state index is 13.5. The summed E-state index contributed by atoms with van der Waals surface area (Å²) in [5.41, 5.74) is 5.60. The van der Waals surface area contributed by atoms with E-state index >= 15 is 0 Å². The summed E-state index contributed by atoms with van der Waals surface area (Å²) in [6, 6.07) is 17.9. The van der Waals surface area contributed by atoms with Crippen LogP contribution in [0.4, 0.5) is 4.39 Å². The lowest BCUT2D eigenvalue weighted by Crippen LogP contribution is -2.26. The maximum Gasteiger partial charge on any atom is 0.270 e. The second-order valence-electron chi connectivity index (χ2n) is 7.24. The van der Waals surface area contributed by atoms with E-state index in [1.54, 1.807) is 36.3 Å². The molecule has 31 heavy (non-hydrogen) atoms. The second-order valence-corrected chi connectivity index (χ2v) is 7.24. The summed E-state index contributed by atoms with van der Waals surface area (Å²) in [6.45, 7) is 2.52. The maximum atomic E-state index is 13.5. The molecule has 0 atom stereocenters. The minimum Gasteiger partial charge on any atom is -0.347 e. The number of hydrogen-bond donors (Lipinski definition) is 1. The number of nitrogens with one attached hydrogen (secondary N) is 1. The van der Waals surface area contributed by atoms with Gasteiger partial charge in [-0.1, -0.05) is 31.2 Å². The van der Waals surface area contributed by atoms with E-state index in [0.717, 1.165) is 23.1 Å². The Morgan fingerprint density at radius 2 is 1.65 bits per heavy atom. The SMILES string of the molecule is CCc1ccccc1CNC(=O)c1c(-c2ccncc2)c(-c2ccc(F)cc2)nn1C. The van der Waals surface area contributed by atoms with E-state index in [4.69, 9.17) is 0 Å². The van der Waals surface area contributed by atoms with Crippen molar-refractivity contribution in [3.05, 3.63) is 95.7 Å². The third-order valence-corrected chi connectivity index (χ3v) is 5.29. The topological polar surface area (TPSA) is 59.8 Å². The minimum absolute atomic E-state index is 0.221. The summed E-state index contributed by atoms with van der Waals surface area (Å²) in [6.07, 6.45) is 4.25. The Morgan fingerprint density at radius 3 is 2.32 bits per heavy atom. The largest absolute Gasteiger partial charge is 0.347 e. The smallest absolute Gasteiger partial charge is 0.270 e. The number of carbonyl (C=O) groups excluding carboxylic acids is 1. The lowest BCUT2D eigenvalue weighted by atomic mass is 9.99. The van der Waals surface area contributed by atoms with E-state index in [1.165, 1.54) is 17.7 Å². The van der Waals surface area contributed by atoms with Crippen molar-refractivity contribution in [3.8, 4) is 22.4 Å². The summed E-state index contributed by atoms with van der Waals surface area (Å²) < 4.78 is 15.0. The number of rotatable bonds is 6. The van der Waals surface area contributed by atoms with Crippen LogP contribution < -0.4 is 5.32 Å². The highest BCUT2D eigenvalue weighted by molar-refractivity contribution is 6.03. The van der Waals surface area contributed by atoms with Crippen LogP contribution in [-0.4, -0.2) is 20.7 Å². The molecule has 4 aromatic rings. The monoisotopic (exact) mass is 414 g/mol. The molecule has 0 aliphatic rings. The van der Waals surface area contributed by atoms with Crippen molar-refractivity contribution in [3.63, 3.8) is 0 Å². The van der Waals surface area contributed by atoms with Gasteiger partial charge < -0.3 is 5.32 Å². The molecule has 0 spiro atoms. The lowest BCUT2D eigenvalue weighted by molar-refractivity contribution is 0.0942. The molecule has 6 heteroatoms. The number of nitrogens with zero attached hydrogens (tertiary/aromatic N) is 3. The average Bonchev–Trinajstić information content (AvgIpc) is 3.15. The fourth-order valence-electron chi connectivity index (χ4n) is 3.72. The molecule has 0 aliphatic heterocycles. The van der Waals surface area contributed by atoms with Crippen LogP contribution >= 0.6 is 0 Å². The molecule has 0 unspecified atom stereocenters. The van der Waals surface area contributed by atoms with Crippen LogP contribution in [0.15, 0.2) is 73.1 Å². The highest BCUT2D eigenvalue weighted by Crippen LogP contribution is 2.34. The Balaban J connectivity index is 1.74. The van der Waals surface area contributed by atoms with Crippen LogP contribution in [0.1, 0.15) is 28.5 Å². The molecule has 0 aliphatic carbocycles. The van der Waals surface area contributed by atoms with Crippen LogP contribution in [0.5, 0.6) is 0 Å². The molecule has 0 bridgehead atoms. The Labute approximate surface area is 180 Å². The third kappa shape index (κ3) is 4.23. The van der Waals surface area contributed by atoms with Gasteiger partial charge in [-0.25, -0.2) is 4.39 Å². The molecular weight excluding hydrogens is 391 g/mol. The number of hydrogen-bond acceptors (Lipinski definition) is 3. The van der Waals surface area contributed by atoms with E-state index in [0.29, 0.717) is 23.5 Å². The van der Waals surface area contributed by atoms with Gasteiger partial charge in [0.05, 0.1) is 0 Å². The van der Waals surface area contributed by atoms with Crippen molar-refractivity contribution in [1.29, 1.82) is 0 Å². The molecule has 0 saturated carbocycles. The fraction of sp³-hybridized carbons (Fsp3) is 0.160. The quantitative estimate of drug-likeness (QED) is 0.494. The van der Waals surface area contributed by atoms with E-state index in [1.807, 2.05) is 30.3 Å². The van der Waals surface area contributed by atoms with E-state index in [9.17, 15) is 9.18 Å². The first kappa shape index (κ1) is 20.5. The van der Waals surface area contributed by atoms with Crippen LogP contribution in [0.3, 0.4) is 0 Å². The van der Waals surface area contributed by atoms with Gasteiger partial charge in [-0.2, -0.15) is 5.10 Å². The summed E-state index contributed by atoms with van der Waals surface area (Å²) in [7, 11) is 1.74. The Kier molecular flexibility index (Phi) is 5.89. The van der Waals surface area contributed by atoms with Crippen LogP contribution in [0.2, 0.25) is 0 Å². The highest BCUT2D eigenvalue weighted by Gasteiger charge is 2.24. The first-order valence-corrected chi connectivity index (χ1v) is 10.2. The summed E-state index contributed by atoms with van der Waals surface area (Å²) in [5, 5.41) is 7.65. The van der Waals surface area contributed by atoms with Gasteiger partial charge in [0.25, 0.3) is 5.91 Å². The van der Waals surface area contributed by atoms with Crippen LogP contribution in [-0.2, 0) is 20.0 Å². The summed E-state index contributed by atoms with van der Waals surface area (Å²) >= 11 is 0. The zero-order valence-corrected chi connectivity index (χ0v) is 17.5. The Bertz CT molecular complexity index is 1200. The molecule has 156 valence electrons. The molecule has 2 aromatic carbocycles. The zero-order valence-electron chi connectivity index (χ0n) is 17.5. The number of carbonyl (C=O) groups is 1. The van der Waals surface area contributed by atoms with Gasteiger partial charge in [0.2, 0.25) is 0 Å². The molecule has 5 nitrogen and oxygen atoms in total. The molecule has 2 heterocycles. The zero-order chi connectivity index (χ0) is 21.8. The molecule has 0 radical (unpaired) electrons. The first-order chi connectivity index (χ1) is 15.1. The minimum atomic E-state index is -0.322. The van der Waals surface area contributed by atoms with Gasteiger partial charge in [-0.05, 0) is 59.5 Å². The van der Waals surface area contributed by atoms with E-state index in [2.05, 4.69) is 28.4 Å². The summed E-state index contributed by atoms with van der Waals surface area (Å²) in [4.78, 5) is 17.4. The standard InChI is InChI=1S/C25H23FN4O/c1-3-17-6-4-5-7-20(17)16-28-25(31)24-22(18-12-14-27-15-13-18)23(29-30(24)2)19-8-10-21(26)11-9-19/h4-15H,3,16H2,1-2H3,(H,28,31). The van der Waals surface area contributed by atoms with Crippen molar-refractivity contribution in [2.24, 2.45) is 7.05 Å². The van der Waals surface area contributed by atoms with E-state index < -0.39 is 0 Å². The van der Waals surface area contributed by atoms with Crippen molar-refractivity contribution in [2.75, 3.05) is 0 Å². The number of aryl methyl sites for hydroxylation is 2. The number of aromatic nitrogens is 3. The second kappa shape index (κ2) is 8.92. The van der Waals surface area contributed by atoms with Crippen LogP contribution in [0.25, 0.3) is 22.4 Å². The predicted molar refractivity (Wildman–Crippen MR) is 119 cm³/mol. The number of pyridine rings is 1. The molecular formula is C25H23FN4O. The molecule has 4 rings (SSSR count). The van der Waals surface area contributed by atoms with Gasteiger partial charge in [0, 0.05) is 37.1 Å². The molecule has 1 amide bonds. The van der Waals surface area contributed by atoms with Gasteiger partial charge in [0.15, 0.2) is 0 Å². The average molecular weight is 414 g/mol. The van der Waals surface area contributed by atoms with Gasteiger partial charge in [-0.15, -0.1) is 0 Å². The third-order valence-electron chi connectivity index (χ3n) is 5.29. The van der Waals surface area contributed by atoms with Gasteiger partial charge in [-0.3, -0.25) is 14.5 Å². The predicted octanol–water partition coefficient (Wildman–Crippen LogP) is 4.78. The number of amides is 1. The Morgan fingerprint density at radius 1 is 0.968 bits per heavy atom.